The molecule has 2 heteroatoms. The lowest BCUT2D eigenvalue weighted by atomic mass is 9.99. The minimum atomic E-state index is -0.0813. The molecule has 3 rings (SSSR count). The second kappa shape index (κ2) is 4.93. The van der Waals surface area contributed by atoms with Gasteiger partial charge in [-0.05, 0) is 41.2 Å². The van der Waals surface area contributed by atoms with E-state index in [0.29, 0.717) is 0 Å². The molecule has 19 heavy (non-hydrogen) atoms. The average Bonchev–Trinajstić information content (AvgIpc) is 2.83. The van der Waals surface area contributed by atoms with Gasteiger partial charge in [0.25, 0.3) is 0 Å². The quantitative estimate of drug-likeness (QED) is 0.509. The van der Waals surface area contributed by atoms with Crippen molar-refractivity contribution < 1.29 is 4.79 Å². The van der Waals surface area contributed by atoms with Gasteiger partial charge in [0.1, 0.15) is 0 Å². The van der Waals surface area contributed by atoms with E-state index in [1.165, 1.54) is 22.3 Å². The van der Waals surface area contributed by atoms with Crippen LogP contribution in [-0.4, -0.2) is 10.6 Å². The van der Waals surface area contributed by atoms with E-state index in [1.807, 2.05) is 19.1 Å². The van der Waals surface area contributed by atoms with E-state index in [-0.39, 0.29) is 10.6 Å². The average molecular weight is 315 g/mol. The van der Waals surface area contributed by atoms with Gasteiger partial charge in [0, 0.05) is 5.56 Å². The van der Waals surface area contributed by atoms with Crippen LogP contribution in [-0.2, 0) is 6.42 Å². The molecule has 1 atom stereocenters. The number of carbonyl (C=O) groups excluding carboxylic acids is 1. The number of hydrogen-bond acceptors (Lipinski definition) is 1. The molecule has 0 aromatic heterocycles. The van der Waals surface area contributed by atoms with Crippen molar-refractivity contribution in [3.63, 3.8) is 0 Å². The first kappa shape index (κ1) is 12.6. The number of hydrogen-bond donors (Lipinski definition) is 0. The predicted molar refractivity (Wildman–Crippen MR) is 82.0 cm³/mol. The molecule has 2 aromatic carbocycles. The van der Waals surface area contributed by atoms with E-state index in [9.17, 15) is 4.79 Å². The Kier molecular flexibility index (Phi) is 3.28. The Morgan fingerprint density at radius 2 is 1.89 bits per heavy atom. The summed E-state index contributed by atoms with van der Waals surface area (Å²) in [5.74, 6) is 0.176. The van der Waals surface area contributed by atoms with Gasteiger partial charge in [-0.2, -0.15) is 0 Å². The summed E-state index contributed by atoms with van der Waals surface area (Å²) < 4.78 is 0. The molecule has 0 amide bonds. The second-order valence-electron chi connectivity index (χ2n) is 4.95. The molecule has 96 valence electrons. The van der Waals surface area contributed by atoms with Gasteiger partial charge in [-0.15, -0.1) is 0 Å². The molecular weight excluding hydrogens is 300 g/mol. The molecule has 0 spiro atoms. The Bertz CT molecular complexity index is 645. The molecule has 0 heterocycles. The molecule has 0 fully saturated rings. The maximum Gasteiger partial charge on any atom is 0.176 e. The van der Waals surface area contributed by atoms with Crippen molar-refractivity contribution in [2.24, 2.45) is 0 Å². The van der Waals surface area contributed by atoms with Crippen LogP contribution in [0.1, 0.15) is 34.8 Å². The summed E-state index contributed by atoms with van der Waals surface area (Å²) in [7, 11) is 0. The summed E-state index contributed by atoms with van der Waals surface area (Å²) in [6.45, 7) is 2.01. The van der Waals surface area contributed by atoms with E-state index in [4.69, 9.17) is 0 Å². The fraction of sp³-hybridized carbons (Fsp3) is 0.235. The lowest BCUT2D eigenvalue weighted by Crippen LogP contribution is -2.12. The van der Waals surface area contributed by atoms with Crippen LogP contribution in [0.2, 0.25) is 0 Å². The van der Waals surface area contributed by atoms with E-state index in [1.54, 1.807) is 0 Å². The first-order valence-electron chi connectivity index (χ1n) is 6.60. The Hall–Kier alpha value is -1.41. The highest BCUT2D eigenvalue weighted by molar-refractivity contribution is 9.10. The highest BCUT2D eigenvalue weighted by atomic mass is 79.9. The van der Waals surface area contributed by atoms with Gasteiger partial charge < -0.3 is 0 Å². The SMILES string of the molecule is CCC(Br)C(=O)c1ccc2c(c1)-c1ccccc1C2. The Labute approximate surface area is 121 Å². The molecule has 0 saturated carbocycles. The van der Waals surface area contributed by atoms with Crippen LogP contribution in [0, 0.1) is 0 Å². The largest absolute Gasteiger partial charge is 0.293 e. The summed E-state index contributed by atoms with van der Waals surface area (Å²) in [5, 5.41) is 0. The standard InChI is InChI=1S/C17H15BrO/c1-2-16(18)17(19)13-8-7-12-9-11-5-3-4-6-14(11)15(12)10-13/h3-8,10,16H,2,9H2,1H3. The van der Waals surface area contributed by atoms with Crippen molar-refractivity contribution in [1.29, 1.82) is 0 Å². The zero-order valence-corrected chi connectivity index (χ0v) is 12.4. The van der Waals surface area contributed by atoms with Gasteiger partial charge in [0.2, 0.25) is 0 Å². The first-order valence-corrected chi connectivity index (χ1v) is 7.51. The maximum atomic E-state index is 12.2. The minimum Gasteiger partial charge on any atom is -0.293 e. The molecule has 1 aliphatic carbocycles. The highest BCUT2D eigenvalue weighted by Gasteiger charge is 2.21. The van der Waals surface area contributed by atoms with Gasteiger partial charge in [0.05, 0.1) is 4.83 Å². The zero-order chi connectivity index (χ0) is 13.4. The molecule has 1 aliphatic rings. The summed E-state index contributed by atoms with van der Waals surface area (Å²) in [5.41, 5.74) is 5.97. The minimum absolute atomic E-state index is 0.0813. The van der Waals surface area contributed by atoms with E-state index >= 15 is 0 Å². The van der Waals surface area contributed by atoms with Crippen LogP contribution in [0.25, 0.3) is 11.1 Å². The Balaban J connectivity index is 2.05. The number of halogens is 1. The molecule has 0 N–H and O–H groups in total. The van der Waals surface area contributed by atoms with Crippen molar-refractivity contribution in [3.05, 3.63) is 59.2 Å². The molecule has 1 unspecified atom stereocenters. The van der Waals surface area contributed by atoms with Gasteiger partial charge in [-0.25, -0.2) is 0 Å². The van der Waals surface area contributed by atoms with Gasteiger partial charge in [0.15, 0.2) is 5.78 Å². The molecule has 1 nitrogen and oxygen atoms in total. The highest BCUT2D eigenvalue weighted by Crippen LogP contribution is 2.37. The van der Waals surface area contributed by atoms with Crippen molar-refractivity contribution >= 4 is 21.7 Å². The number of benzene rings is 2. The van der Waals surface area contributed by atoms with Gasteiger partial charge in [-0.1, -0.05) is 59.3 Å². The van der Waals surface area contributed by atoms with Gasteiger partial charge >= 0.3 is 0 Å². The fourth-order valence-electron chi connectivity index (χ4n) is 2.64. The van der Waals surface area contributed by atoms with Crippen LogP contribution in [0.4, 0.5) is 0 Å². The van der Waals surface area contributed by atoms with Crippen LogP contribution >= 0.6 is 15.9 Å². The first-order chi connectivity index (χ1) is 9.20. The van der Waals surface area contributed by atoms with Crippen molar-refractivity contribution in [1.82, 2.24) is 0 Å². The number of ketones is 1. The lowest BCUT2D eigenvalue weighted by Gasteiger charge is -2.08. The summed E-state index contributed by atoms with van der Waals surface area (Å²) >= 11 is 3.44. The van der Waals surface area contributed by atoms with Crippen LogP contribution in [0.15, 0.2) is 42.5 Å². The molecular formula is C17H15BrO. The third kappa shape index (κ3) is 2.14. The molecule has 0 saturated heterocycles. The monoisotopic (exact) mass is 314 g/mol. The predicted octanol–water partition coefficient (Wildman–Crippen LogP) is 4.61. The van der Waals surface area contributed by atoms with Gasteiger partial charge in [-0.3, -0.25) is 4.79 Å². The molecule has 0 bridgehead atoms. The van der Waals surface area contributed by atoms with Crippen molar-refractivity contribution in [3.8, 4) is 11.1 Å². The zero-order valence-electron chi connectivity index (χ0n) is 10.8. The van der Waals surface area contributed by atoms with Crippen LogP contribution in [0.5, 0.6) is 0 Å². The van der Waals surface area contributed by atoms with E-state index in [0.717, 1.165) is 18.4 Å². The van der Waals surface area contributed by atoms with E-state index < -0.39 is 0 Å². The number of Topliss-reactive ketones (excluding diaryl/α,β-unsaturated/α-hetero) is 1. The lowest BCUT2D eigenvalue weighted by molar-refractivity contribution is 0.0990. The number of fused-ring (bicyclic) bond motifs is 3. The normalized spacial score (nSPS) is 13.8. The maximum absolute atomic E-state index is 12.2. The van der Waals surface area contributed by atoms with Crippen LogP contribution in [0.3, 0.4) is 0 Å². The third-order valence-electron chi connectivity index (χ3n) is 3.73. The number of carbonyl (C=O) groups is 1. The fourth-order valence-corrected chi connectivity index (χ4v) is 2.91. The molecule has 0 aliphatic heterocycles. The topological polar surface area (TPSA) is 17.1 Å². The molecule has 2 aromatic rings. The summed E-state index contributed by atoms with van der Waals surface area (Å²) in [4.78, 5) is 12.2. The van der Waals surface area contributed by atoms with Crippen molar-refractivity contribution in [2.75, 3.05) is 0 Å². The number of rotatable bonds is 3. The third-order valence-corrected chi connectivity index (χ3v) is 4.79. The Morgan fingerprint density at radius 1 is 1.16 bits per heavy atom. The van der Waals surface area contributed by atoms with Crippen LogP contribution < -0.4 is 0 Å². The molecule has 0 radical (unpaired) electrons. The second-order valence-corrected chi connectivity index (χ2v) is 6.05. The smallest absolute Gasteiger partial charge is 0.176 e. The van der Waals surface area contributed by atoms with E-state index in [2.05, 4.69) is 46.3 Å². The van der Waals surface area contributed by atoms with Crippen molar-refractivity contribution in [2.45, 2.75) is 24.6 Å². The number of alkyl halides is 1. The summed E-state index contributed by atoms with van der Waals surface area (Å²) in [6.07, 6.45) is 1.79. The Morgan fingerprint density at radius 3 is 2.68 bits per heavy atom. The summed E-state index contributed by atoms with van der Waals surface area (Å²) in [6, 6.07) is 14.5.